The number of rotatable bonds is 4. The second-order valence-electron chi connectivity index (χ2n) is 6.83. The number of benzene rings is 3. The van der Waals surface area contributed by atoms with Gasteiger partial charge in [0.1, 0.15) is 13.1 Å². The van der Waals surface area contributed by atoms with Crippen LogP contribution >= 0.6 is 0 Å². The Morgan fingerprint density at radius 2 is 1.31 bits per heavy atom. The molecule has 0 aliphatic heterocycles. The highest BCUT2D eigenvalue weighted by molar-refractivity contribution is 5.71. The predicted octanol–water partition coefficient (Wildman–Crippen LogP) is 1.65. The number of nitrogens with zero attached hydrogens (tertiary/aromatic N) is 2. The fourth-order valence-electron chi connectivity index (χ4n) is 3.27. The standard InChI is InChI=1S/C23H23N2.ClH/c1-18-7-11-20(12-8-18)15-24-17-25(23-6-4-3-5-22(23)24)16-21-13-9-19(2)10-14-21;/h3-14,17H,15-16H2,1-2H3;1H/q+1;/p-1. The largest absolute Gasteiger partial charge is 1.00 e. The maximum Gasteiger partial charge on any atom is 0.245 e. The first-order chi connectivity index (χ1) is 12.2. The zero-order valence-electron chi connectivity index (χ0n) is 15.2. The van der Waals surface area contributed by atoms with Crippen LogP contribution in [0.25, 0.3) is 11.0 Å². The predicted molar refractivity (Wildman–Crippen MR) is 103 cm³/mol. The summed E-state index contributed by atoms with van der Waals surface area (Å²) in [4.78, 5) is 0. The lowest BCUT2D eigenvalue weighted by Gasteiger charge is -2.00. The Morgan fingerprint density at radius 3 is 1.96 bits per heavy atom. The minimum atomic E-state index is 0. The van der Waals surface area contributed by atoms with Gasteiger partial charge in [-0.05, 0) is 37.1 Å². The van der Waals surface area contributed by atoms with Gasteiger partial charge >= 0.3 is 0 Å². The molecule has 0 amide bonds. The van der Waals surface area contributed by atoms with E-state index in [4.69, 9.17) is 0 Å². The summed E-state index contributed by atoms with van der Waals surface area (Å²) < 4.78 is 4.68. The van der Waals surface area contributed by atoms with Crippen molar-refractivity contribution >= 4 is 11.0 Å². The number of para-hydroxylation sites is 2. The molecule has 0 spiro atoms. The van der Waals surface area contributed by atoms with Crippen molar-refractivity contribution in [2.24, 2.45) is 0 Å². The number of aromatic nitrogens is 2. The van der Waals surface area contributed by atoms with Gasteiger partial charge in [0.25, 0.3) is 0 Å². The highest BCUT2D eigenvalue weighted by Gasteiger charge is 2.15. The third-order valence-corrected chi connectivity index (χ3v) is 4.73. The van der Waals surface area contributed by atoms with E-state index in [2.05, 4.69) is 102 Å². The Labute approximate surface area is 161 Å². The second kappa shape index (κ2) is 7.76. The van der Waals surface area contributed by atoms with E-state index in [1.165, 1.54) is 33.3 Å². The lowest BCUT2D eigenvalue weighted by Crippen LogP contribution is -3.00. The first-order valence-electron chi connectivity index (χ1n) is 8.77. The van der Waals surface area contributed by atoms with E-state index in [9.17, 15) is 0 Å². The van der Waals surface area contributed by atoms with E-state index in [0.29, 0.717) is 0 Å². The van der Waals surface area contributed by atoms with Crippen molar-refractivity contribution in [3.63, 3.8) is 0 Å². The molecule has 0 atom stereocenters. The van der Waals surface area contributed by atoms with Gasteiger partial charge in [0.2, 0.25) is 6.33 Å². The van der Waals surface area contributed by atoms with Gasteiger partial charge < -0.3 is 12.4 Å². The quantitative estimate of drug-likeness (QED) is 0.488. The van der Waals surface area contributed by atoms with Crippen molar-refractivity contribution in [2.75, 3.05) is 0 Å². The van der Waals surface area contributed by atoms with Crippen LogP contribution in [0.15, 0.2) is 79.1 Å². The third-order valence-electron chi connectivity index (χ3n) is 4.73. The summed E-state index contributed by atoms with van der Waals surface area (Å²) >= 11 is 0. The van der Waals surface area contributed by atoms with E-state index < -0.39 is 0 Å². The summed E-state index contributed by atoms with van der Waals surface area (Å²) in [5.74, 6) is 0. The molecular weight excluding hydrogens is 340 g/mol. The van der Waals surface area contributed by atoms with E-state index in [-0.39, 0.29) is 12.4 Å². The fourth-order valence-corrected chi connectivity index (χ4v) is 3.27. The van der Waals surface area contributed by atoms with E-state index >= 15 is 0 Å². The molecule has 0 unspecified atom stereocenters. The zero-order valence-corrected chi connectivity index (χ0v) is 15.9. The minimum absolute atomic E-state index is 0. The molecule has 2 nitrogen and oxygen atoms in total. The third kappa shape index (κ3) is 3.81. The molecule has 0 saturated heterocycles. The van der Waals surface area contributed by atoms with Crippen molar-refractivity contribution in [3.8, 4) is 0 Å². The van der Waals surface area contributed by atoms with Crippen LogP contribution in [-0.4, -0.2) is 4.57 Å². The van der Waals surface area contributed by atoms with Gasteiger partial charge in [-0.15, -0.1) is 0 Å². The summed E-state index contributed by atoms with van der Waals surface area (Å²) in [6.45, 7) is 6.04. The van der Waals surface area contributed by atoms with Crippen LogP contribution < -0.4 is 17.0 Å². The Morgan fingerprint density at radius 1 is 0.731 bits per heavy atom. The van der Waals surface area contributed by atoms with Crippen LogP contribution in [0.5, 0.6) is 0 Å². The summed E-state index contributed by atoms with van der Waals surface area (Å²) in [5, 5.41) is 0. The highest BCUT2D eigenvalue weighted by atomic mass is 35.5. The number of hydrogen-bond acceptors (Lipinski definition) is 0. The van der Waals surface area contributed by atoms with Crippen molar-refractivity contribution in [3.05, 3.63) is 101 Å². The molecule has 0 aliphatic rings. The van der Waals surface area contributed by atoms with Gasteiger partial charge in [0.05, 0.1) is 0 Å². The first kappa shape index (κ1) is 18.2. The SMILES string of the molecule is Cc1ccc(Cn2c[n+](Cc3ccc(C)cc3)c3ccccc32)cc1.[Cl-]. The van der Waals surface area contributed by atoms with Gasteiger partial charge in [-0.1, -0.05) is 71.8 Å². The molecule has 0 bridgehead atoms. The summed E-state index contributed by atoms with van der Waals surface area (Å²) in [6.07, 6.45) is 2.24. The van der Waals surface area contributed by atoms with E-state index in [1.807, 2.05) is 0 Å². The minimum Gasteiger partial charge on any atom is -1.00 e. The molecule has 0 N–H and O–H groups in total. The maximum atomic E-state index is 2.34. The molecule has 3 aromatic carbocycles. The van der Waals surface area contributed by atoms with Crippen molar-refractivity contribution < 1.29 is 17.0 Å². The van der Waals surface area contributed by atoms with Gasteiger partial charge in [-0.3, -0.25) is 0 Å². The molecule has 3 heteroatoms. The average Bonchev–Trinajstić information content (AvgIpc) is 2.97. The fraction of sp³-hybridized carbons (Fsp3) is 0.174. The lowest BCUT2D eigenvalue weighted by atomic mass is 10.1. The molecule has 26 heavy (non-hydrogen) atoms. The van der Waals surface area contributed by atoms with Crippen LogP contribution in [0.2, 0.25) is 0 Å². The summed E-state index contributed by atoms with van der Waals surface area (Å²) in [7, 11) is 0. The molecule has 1 heterocycles. The number of aryl methyl sites for hydroxylation is 2. The Bertz CT molecular complexity index is 917. The Hall–Kier alpha value is -2.58. The molecular formula is C23H23ClN2. The van der Waals surface area contributed by atoms with Gasteiger partial charge in [-0.2, -0.15) is 0 Å². The Balaban J connectivity index is 0.00000196. The molecule has 0 fully saturated rings. The molecule has 0 radical (unpaired) electrons. The molecule has 1 aromatic heterocycles. The van der Waals surface area contributed by atoms with Crippen LogP contribution in [0.4, 0.5) is 0 Å². The van der Waals surface area contributed by atoms with Crippen LogP contribution in [0.1, 0.15) is 22.3 Å². The number of halogens is 1. The number of hydrogen-bond donors (Lipinski definition) is 0. The molecule has 132 valence electrons. The van der Waals surface area contributed by atoms with Gasteiger partial charge in [0.15, 0.2) is 11.0 Å². The van der Waals surface area contributed by atoms with Crippen LogP contribution in [-0.2, 0) is 13.1 Å². The van der Waals surface area contributed by atoms with Crippen LogP contribution in [0.3, 0.4) is 0 Å². The van der Waals surface area contributed by atoms with Crippen molar-refractivity contribution in [1.29, 1.82) is 0 Å². The lowest BCUT2D eigenvalue weighted by molar-refractivity contribution is -0.663. The molecule has 4 aromatic rings. The first-order valence-corrected chi connectivity index (χ1v) is 8.77. The molecule has 0 aliphatic carbocycles. The van der Waals surface area contributed by atoms with Crippen LogP contribution in [0, 0.1) is 13.8 Å². The Kier molecular flexibility index (Phi) is 5.43. The van der Waals surface area contributed by atoms with E-state index in [0.717, 1.165) is 13.1 Å². The molecule has 4 rings (SSSR count). The normalized spacial score (nSPS) is 10.7. The summed E-state index contributed by atoms with van der Waals surface area (Å²) in [6, 6.07) is 26.2. The maximum absolute atomic E-state index is 2.34. The zero-order chi connectivity index (χ0) is 17.2. The van der Waals surface area contributed by atoms with Crippen molar-refractivity contribution in [1.82, 2.24) is 4.57 Å². The van der Waals surface area contributed by atoms with Gasteiger partial charge in [0, 0.05) is 0 Å². The topological polar surface area (TPSA) is 8.81 Å². The molecule has 0 saturated carbocycles. The van der Waals surface area contributed by atoms with Crippen molar-refractivity contribution in [2.45, 2.75) is 26.9 Å². The highest BCUT2D eigenvalue weighted by Crippen LogP contribution is 2.14. The van der Waals surface area contributed by atoms with Gasteiger partial charge in [-0.25, -0.2) is 9.13 Å². The average molecular weight is 363 g/mol. The monoisotopic (exact) mass is 362 g/mol. The summed E-state index contributed by atoms with van der Waals surface area (Å²) in [5.41, 5.74) is 7.80. The number of fused-ring (bicyclic) bond motifs is 1. The smallest absolute Gasteiger partial charge is 0.245 e. The van der Waals surface area contributed by atoms with E-state index in [1.54, 1.807) is 0 Å². The second-order valence-corrected chi connectivity index (χ2v) is 6.83. The number of imidazole rings is 1.